The second-order valence-corrected chi connectivity index (χ2v) is 16.0. The fourth-order valence-corrected chi connectivity index (χ4v) is 8.44. The molecule has 2 fully saturated rings. The van der Waals surface area contributed by atoms with Crippen molar-refractivity contribution in [1.29, 1.82) is 0 Å². The molecule has 0 atom stereocenters. The highest BCUT2D eigenvalue weighted by Crippen LogP contribution is 2.31. The zero-order valence-electron chi connectivity index (χ0n) is 33.5. The Morgan fingerprint density at radius 3 is 1.47 bits per heavy atom. The van der Waals surface area contributed by atoms with E-state index in [2.05, 4.69) is 30.6 Å². The molecule has 0 saturated heterocycles. The zero-order chi connectivity index (χ0) is 42.5. The predicted octanol–water partition coefficient (Wildman–Crippen LogP) is 9.16. The van der Waals surface area contributed by atoms with Gasteiger partial charge in [0, 0.05) is 81.6 Å². The van der Waals surface area contributed by atoms with Gasteiger partial charge < -0.3 is 20.5 Å². The number of carbonyl (C=O) groups excluding carboxylic acids is 1. The Morgan fingerprint density at radius 2 is 1.08 bits per heavy atom. The van der Waals surface area contributed by atoms with E-state index in [4.69, 9.17) is 33.0 Å². The summed E-state index contributed by atoms with van der Waals surface area (Å²) in [4.78, 5) is 66.9. The molecule has 2 aromatic carbocycles. The largest absolute Gasteiger partial charge is 0.481 e. The lowest BCUT2D eigenvalue weighted by molar-refractivity contribution is -0.149. The first-order chi connectivity index (χ1) is 28.9. The SMILES string of the molecule is C.C.CCOC(=O)C1CCC(Nc2ncc3cc(-c4ccccc4Cl)c(=O)n(C)c3n2)CC1.Cn1c(=O)c(-c2ccccc2Cl)cc2cnc(NC3CCC(C(=O)O)CC3)nc21. The van der Waals surface area contributed by atoms with Gasteiger partial charge in [0.25, 0.3) is 11.1 Å². The highest BCUT2D eigenvalue weighted by Gasteiger charge is 2.28. The zero-order valence-corrected chi connectivity index (χ0v) is 35.0. The normalized spacial score (nSPS) is 18.3. The molecule has 0 radical (unpaired) electrons. The van der Waals surface area contributed by atoms with Crippen molar-refractivity contribution in [3.05, 3.63) is 104 Å². The van der Waals surface area contributed by atoms with Crippen molar-refractivity contribution in [2.24, 2.45) is 25.9 Å². The number of carboxylic acid groups (broad SMARTS) is 1. The van der Waals surface area contributed by atoms with Crippen LogP contribution in [0, 0.1) is 11.8 Å². The second kappa shape index (κ2) is 20.8. The number of aliphatic carboxylic acids is 1. The van der Waals surface area contributed by atoms with Gasteiger partial charge in [-0.3, -0.25) is 28.3 Å². The lowest BCUT2D eigenvalue weighted by Gasteiger charge is -2.27. The summed E-state index contributed by atoms with van der Waals surface area (Å²) in [5.74, 6) is -0.208. The number of halogens is 2. The van der Waals surface area contributed by atoms with Gasteiger partial charge in [0.1, 0.15) is 11.3 Å². The summed E-state index contributed by atoms with van der Waals surface area (Å²) in [5.41, 5.74) is 3.11. The number of fused-ring (bicyclic) bond motifs is 2. The number of ether oxygens (including phenoxy) is 1. The molecule has 4 aromatic heterocycles. The number of aryl methyl sites for hydroxylation is 2. The lowest BCUT2D eigenvalue weighted by Crippen LogP contribution is -2.31. The Labute approximate surface area is 370 Å². The Balaban J connectivity index is 0.000000227. The monoisotopic (exact) mass is 884 g/mol. The van der Waals surface area contributed by atoms with E-state index in [1.165, 1.54) is 9.13 Å². The van der Waals surface area contributed by atoms with Crippen LogP contribution in [-0.4, -0.2) is 64.8 Å². The number of aromatic nitrogens is 6. The summed E-state index contributed by atoms with van der Waals surface area (Å²) in [5, 5.41) is 18.3. The van der Waals surface area contributed by atoms with E-state index < -0.39 is 5.97 Å². The van der Waals surface area contributed by atoms with Crippen molar-refractivity contribution in [2.45, 2.75) is 85.2 Å². The minimum absolute atomic E-state index is 0. The van der Waals surface area contributed by atoms with Gasteiger partial charge in [-0.05, 0) is 82.6 Å². The van der Waals surface area contributed by atoms with Crippen LogP contribution in [0.5, 0.6) is 0 Å². The molecule has 0 bridgehead atoms. The fourth-order valence-electron chi connectivity index (χ4n) is 7.96. The van der Waals surface area contributed by atoms with Crippen LogP contribution in [0.15, 0.2) is 82.6 Å². The summed E-state index contributed by atoms with van der Waals surface area (Å²) in [6.07, 6.45) is 9.44. The quantitative estimate of drug-likeness (QED) is 0.117. The second-order valence-electron chi connectivity index (χ2n) is 15.2. The highest BCUT2D eigenvalue weighted by molar-refractivity contribution is 6.33. The number of esters is 1. The van der Waals surface area contributed by atoms with Crippen LogP contribution >= 0.6 is 23.2 Å². The third-order valence-corrected chi connectivity index (χ3v) is 12.0. The molecule has 14 nitrogen and oxygen atoms in total. The third-order valence-electron chi connectivity index (χ3n) is 11.3. The number of nitrogens with one attached hydrogen (secondary N) is 2. The van der Waals surface area contributed by atoms with Crippen molar-refractivity contribution in [3.63, 3.8) is 0 Å². The molecule has 2 aliphatic rings. The van der Waals surface area contributed by atoms with Gasteiger partial charge >= 0.3 is 11.9 Å². The minimum Gasteiger partial charge on any atom is -0.481 e. The van der Waals surface area contributed by atoms with Crippen LogP contribution in [0.4, 0.5) is 11.9 Å². The van der Waals surface area contributed by atoms with Gasteiger partial charge in [-0.2, -0.15) is 9.97 Å². The molecular weight excluding hydrogens is 831 g/mol. The number of hydrogen-bond acceptors (Lipinski definition) is 11. The number of nitrogens with zero attached hydrogens (tertiary/aromatic N) is 6. The maximum atomic E-state index is 13.0. The smallest absolute Gasteiger partial charge is 0.308 e. The predicted molar refractivity (Wildman–Crippen MR) is 247 cm³/mol. The summed E-state index contributed by atoms with van der Waals surface area (Å²) in [6.45, 7) is 2.24. The van der Waals surface area contributed by atoms with Crippen LogP contribution in [0.3, 0.4) is 0 Å². The molecule has 0 spiro atoms. The van der Waals surface area contributed by atoms with Gasteiger partial charge in [-0.1, -0.05) is 74.5 Å². The van der Waals surface area contributed by atoms with Crippen molar-refractivity contribution < 1.29 is 19.4 Å². The van der Waals surface area contributed by atoms with Crippen molar-refractivity contribution in [3.8, 4) is 22.3 Å². The number of hydrogen-bond donors (Lipinski definition) is 3. The average molecular weight is 886 g/mol. The van der Waals surface area contributed by atoms with Gasteiger partial charge in [0.05, 0.1) is 18.4 Å². The first-order valence-electron chi connectivity index (χ1n) is 20.1. The molecule has 0 amide bonds. The van der Waals surface area contributed by atoms with E-state index in [1.807, 2.05) is 43.3 Å². The molecule has 6 aromatic rings. The maximum Gasteiger partial charge on any atom is 0.308 e. The standard InChI is InChI=1S/C23H25ClN4O3.C21H21ClN4O3.2CH4/c1-3-31-22(30)14-8-10-16(11-9-14)26-23-25-13-15-12-18(17-6-4-5-7-19(17)24)21(29)28(2)20(15)27-23;1-26-18-13(10-16(19(26)27)15-4-2-3-5-17(15)22)11-23-21(25-18)24-14-8-6-12(7-9-14)20(28)29;;/h4-7,12-14,16H,3,8-11H2,1-2H3,(H,25,26,27);2-5,10-12,14H,6-9H2,1H3,(H,28,29)(H,23,24,25);2*1H4. The van der Waals surface area contributed by atoms with Gasteiger partial charge in [-0.25, -0.2) is 9.97 Å². The van der Waals surface area contributed by atoms with E-state index in [1.54, 1.807) is 50.8 Å². The van der Waals surface area contributed by atoms with E-state index in [0.29, 0.717) is 74.9 Å². The number of rotatable bonds is 9. The first-order valence-corrected chi connectivity index (χ1v) is 20.8. The van der Waals surface area contributed by atoms with Gasteiger partial charge in [0.15, 0.2) is 0 Å². The van der Waals surface area contributed by atoms with Crippen molar-refractivity contribution >= 4 is 69.1 Å². The van der Waals surface area contributed by atoms with E-state index in [-0.39, 0.29) is 55.9 Å². The Morgan fingerprint density at radius 1 is 0.677 bits per heavy atom. The van der Waals surface area contributed by atoms with E-state index >= 15 is 0 Å². The molecule has 328 valence electrons. The highest BCUT2D eigenvalue weighted by atomic mass is 35.5. The van der Waals surface area contributed by atoms with E-state index in [9.17, 15) is 19.2 Å². The third kappa shape index (κ3) is 10.4. The molecule has 2 saturated carbocycles. The van der Waals surface area contributed by atoms with E-state index in [0.717, 1.165) is 49.3 Å². The molecule has 8 rings (SSSR count). The Bertz CT molecular complexity index is 2670. The number of pyridine rings is 2. The molecule has 2 aliphatic carbocycles. The van der Waals surface area contributed by atoms with Crippen LogP contribution in [0.1, 0.15) is 73.1 Å². The molecule has 0 unspecified atom stereocenters. The summed E-state index contributed by atoms with van der Waals surface area (Å²) >= 11 is 12.6. The van der Waals surface area contributed by atoms with Crippen LogP contribution in [0.25, 0.3) is 44.3 Å². The average Bonchev–Trinajstić information content (AvgIpc) is 3.25. The Kier molecular flexibility index (Phi) is 15.8. The summed E-state index contributed by atoms with van der Waals surface area (Å²) in [6, 6.07) is 18.4. The molecule has 16 heteroatoms. The molecule has 62 heavy (non-hydrogen) atoms. The van der Waals surface area contributed by atoms with Crippen molar-refractivity contribution in [2.75, 3.05) is 17.2 Å². The Hall–Kier alpha value is -5.86. The van der Waals surface area contributed by atoms with Gasteiger partial charge in [-0.15, -0.1) is 0 Å². The number of carbonyl (C=O) groups is 2. The van der Waals surface area contributed by atoms with Crippen LogP contribution < -0.4 is 21.8 Å². The molecule has 3 N–H and O–H groups in total. The van der Waals surface area contributed by atoms with Crippen LogP contribution in [0.2, 0.25) is 10.0 Å². The lowest BCUT2D eigenvalue weighted by atomic mass is 9.86. The fraction of sp³-hybridized carbons (Fsp3) is 0.391. The number of anilines is 2. The molecule has 4 heterocycles. The first kappa shape index (κ1) is 47.2. The minimum atomic E-state index is -0.727. The number of carboxylic acids is 1. The topological polar surface area (TPSA) is 183 Å². The summed E-state index contributed by atoms with van der Waals surface area (Å²) in [7, 11) is 3.38. The van der Waals surface area contributed by atoms with Crippen LogP contribution in [-0.2, 0) is 28.4 Å². The van der Waals surface area contributed by atoms with Crippen molar-refractivity contribution in [1.82, 2.24) is 29.1 Å². The van der Waals surface area contributed by atoms with Gasteiger partial charge in [0.2, 0.25) is 11.9 Å². The number of benzene rings is 2. The summed E-state index contributed by atoms with van der Waals surface area (Å²) < 4.78 is 8.16. The maximum absolute atomic E-state index is 13.0. The molecular formula is C46H54Cl2N8O6. The molecule has 0 aliphatic heterocycles.